The fraction of sp³-hybridized carbons (Fsp3) is 0.400. The number of para-hydroxylation sites is 1. The summed E-state index contributed by atoms with van der Waals surface area (Å²) in [5.41, 5.74) is 1.18. The van der Waals surface area contributed by atoms with Gasteiger partial charge in [0.25, 0.3) is 0 Å². The quantitative estimate of drug-likeness (QED) is 0.781. The zero-order valence-corrected chi connectivity index (χ0v) is 14.8. The van der Waals surface area contributed by atoms with Crippen LogP contribution < -0.4 is 9.64 Å². The molecule has 0 atom stereocenters. The van der Waals surface area contributed by atoms with Crippen molar-refractivity contribution in [3.63, 3.8) is 0 Å². The van der Waals surface area contributed by atoms with Crippen LogP contribution in [0.3, 0.4) is 0 Å². The molecular formula is C20H23F3N2O. The highest BCUT2D eigenvalue weighted by Crippen LogP contribution is 2.32. The predicted octanol–water partition coefficient (Wildman–Crippen LogP) is 4.43. The fourth-order valence-electron chi connectivity index (χ4n) is 3.21. The SMILES string of the molecule is CCOc1ccccc1CN1CCN(c2cccc(C(F)(F)F)c2)CC1. The zero-order chi connectivity index (χ0) is 18.6. The van der Waals surface area contributed by atoms with E-state index in [0.717, 1.165) is 37.0 Å². The van der Waals surface area contributed by atoms with E-state index in [9.17, 15) is 13.2 Å². The summed E-state index contributed by atoms with van der Waals surface area (Å²) in [4.78, 5) is 4.32. The standard InChI is InChI=1S/C20H23F3N2O/c1-2-26-19-9-4-3-6-16(19)15-24-10-12-25(13-11-24)18-8-5-7-17(14-18)20(21,22)23/h3-9,14H,2,10-13,15H2,1H3. The van der Waals surface area contributed by atoms with Crippen molar-refractivity contribution in [1.29, 1.82) is 0 Å². The molecule has 3 nitrogen and oxygen atoms in total. The number of piperazine rings is 1. The van der Waals surface area contributed by atoms with Crippen molar-refractivity contribution < 1.29 is 17.9 Å². The summed E-state index contributed by atoms with van der Waals surface area (Å²) >= 11 is 0. The van der Waals surface area contributed by atoms with E-state index in [4.69, 9.17) is 4.74 Å². The topological polar surface area (TPSA) is 15.7 Å². The van der Waals surface area contributed by atoms with E-state index < -0.39 is 11.7 Å². The summed E-state index contributed by atoms with van der Waals surface area (Å²) in [7, 11) is 0. The van der Waals surface area contributed by atoms with Gasteiger partial charge in [-0.2, -0.15) is 13.2 Å². The van der Waals surface area contributed by atoms with E-state index in [1.165, 1.54) is 12.1 Å². The van der Waals surface area contributed by atoms with E-state index in [0.29, 0.717) is 25.4 Å². The van der Waals surface area contributed by atoms with E-state index in [1.807, 2.05) is 30.0 Å². The van der Waals surface area contributed by atoms with E-state index in [1.54, 1.807) is 6.07 Å². The average molecular weight is 364 g/mol. The predicted molar refractivity (Wildman–Crippen MR) is 96.5 cm³/mol. The number of hydrogen-bond donors (Lipinski definition) is 0. The molecule has 1 fully saturated rings. The first-order valence-electron chi connectivity index (χ1n) is 8.82. The van der Waals surface area contributed by atoms with E-state index in [2.05, 4.69) is 11.0 Å². The van der Waals surface area contributed by atoms with Crippen LogP contribution in [-0.4, -0.2) is 37.7 Å². The van der Waals surface area contributed by atoms with Crippen molar-refractivity contribution in [1.82, 2.24) is 4.90 Å². The number of anilines is 1. The molecule has 6 heteroatoms. The van der Waals surface area contributed by atoms with Crippen molar-refractivity contribution in [2.45, 2.75) is 19.6 Å². The molecule has 0 saturated carbocycles. The van der Waals surface area contributed by atoms with E-state index >= 15 is 0 Å². The Balaban J connectivity index is 1.62. The molecule has 140 valence electrons. The molecule has 2 aromatic carbocycles. The molecule has 0 aromatic heterocycles. The summed E-state index contributed by atoms with van der Waals surface area (Å²) in [6.45, 7) is 6.39. The maximum absolute atomic E-state index is 12.9. The van der Waals surface area contributed by atoms with Crippen LogP contribution in [0.4, 0.5) is 18.9 Å². The number of nitrogens with zero attached hydrogens (tertiary/aromatic N) is 2. The molecule has 3 rings (SSSR count). The Bertz CT molecular complexity index is 725. The smallest absolute Gasteiger partial charge is 0.416 e. The van der Waals surface area contributed by atoms with E-state index in [-0.39, 0.29) is 0 Å². The Morgan fingerprint density at radius 2 is 1.69 bits per heavy atom. The molecule has 0 radical (unpaired) electrons. The van der Waals surface area contributed by atoms with Gasteiger partial charge in [0, 0.05) is 44.0 Å². The minimum absolute atomic E-state index is 0.594. The summed E-state index contributed by atoms with van der Waals surface area (Å²) < 4.78 is 44.4. The van der Waals surface area contributed by atoms with Crippen molar-refractivity contribution in [2.24, 2.45) is 0 Å². The first-order chi connectivity index (χ1) is 12.5. The normalized spacial score (nSPS) is 15.9. The lowest BCUT2D eigenvalue weighted by molar-refractivity contribution is -0.137. The van der Waals surface area contributed by atoms with Crippen molar-refractivity contribution in [3.05, 3.63) is 59.7 Å². The van der Waals surface area contributed by atoms with Crippen LogP contribution in [0.2, 0.25) is 0 Å². The Hall–Kier alpha value is -2.21. The first-order valence-corrected chi connectivity index (χ1v) is 8.82. The minimum atomic E-state index is -4.30. The molecule has 26 heavy (non-hydrogen) atoms. The molecule has 2 aromatic rings. The Morgan fingerprint density at radius 1 is 0.962 bits per heavy atom. The molecule has 1 saturated heterocycles. The Morgan fingerprint density at radius 3 is 2.38 bits per heavy atom. The van der Waals surface area contributed by atoms with Gasteiger partial charge in [0.15, 0.2) is 0 Å². The molecule has 0 unspecified atom stereocenters. The van der Waals surface area contributed by atoms with Crippen LogP contribution in [0.1, 0.15) is 18.1 Å². The van der Waals surface area contributed by atoms with Crippen molar-refractivity contribution in [2.75, 3.05) is 37.7 Å². The number of ether oxygens (including phenoxy) is 1. The fourth-order valence-corrected chi connectivity index (χ4v) is 3.21. The third kappa shape index (κ3) is 4.49. The summed E-state index contributed by atoms with van der Waals surface area (Å²) in [5.74, 6) is 0.898. The Kier molecular flexibility index (Phi) is 5.71. The lowest BCUT2D eigenvalue weighted by Gasteiger charge is -2.36. The Labute approximate surface area is 152 Å². The third-order valence-corrected chi connectivity index (χ3v) is 4.58. The number of rotatable bonds is 5. The summed E-state index contributed by atoms with van der Waals surface area (Å²) in [5, 5.41) is 0. The van der Waals surface area contributed by atoms with Gasteiger partial charge in [0.2, 0.25) is 0 Å². The largest absolute Gasteiger partial charge is 0.494 e. The summed E-state index contributed by atoms with van der Waals surface area (Å²) in [6.07, 6.45) is -4.30. The van der Waals surface area contributed by atoms with Crippen LogP contribution in [0.15, 0.2) is 48.5 Å². The van der Waals surface area contributed by atoms with Gasteiger partial charge in [0.05, 0.1) is 12.2 Å². The molecule has 0 aliphatic carbocycles. The molecule has 1 heterocycles. The number of alkyl halides is 3. The zero-order valence-electron chi connectivity index (χ0n) is 14.8. The average Bonchev–Trinajstić information content (AvgIpc) is 2.64. The van der Waals surface area contributed by atoms with Crippen LogP contribution >= 0.6 is 0 Å². The second-order valence-electron chi connectivity index (χ2n) is 6.35. The van der Waals surface area contributed by atoms with Gasteiger partial charge in [-0.25, -0.2) is 0 Å². The highest BCUT2D eigenvalue weighted by molar-refractivity contribution is 5.49. The van der Waals surface area contributed by atoms with Gasteiger partial charge in [-0.15, -0.1) is 0 Å². The van der Waals surface area contributed by atoms with Crippen LogP contribution in [0, 0.1) is 0 Å². The maximum atomic E-state index is 12.9. The molecule has 0 spiro atoms. The third-order valence-electron chi connectivity index (χ3n) is 4.58. The van der Waals surface area contributed by atoms with Gasteiger partial charge in [-0.3, -0.25) is 4.90 Å². The number of halogens is 3. The van der Waals surface area contributed by atoms with Gasteiger partial charge < -0.3 is 9.64 Å². The summed E-state index contributed by atoms with van der Waals surface area (Å²) in [6, 6.07) is 13.6. The van der Waals surface area contributed by atoms with Gasteiger partial charge in [-0.05, 0) is 31.2 Å². The van der Waals surface area contributed by atoms with Crippen LogP contribution in [-0.2, 0) is 12.7 Å². The second kappa shape index (κ2) is 7.99. The molecule has 0 bridgehead atoms. The first kappa shape index (κ1) is 18.6. The molecule has 0 amide bonds. The van der Waals surface area contributed by atoms with Gasteiger partial charge in [0.1, 0.15) is 5.75 Å². The molecule has 0 N–H and O–H groups in total. The lowest BCUT2D eigenvalue weighted by Crippen LogP contribution is -2.46. The van der Waals surface area contributed by atoms with Crippen molar-refractivity contribution >= 4 is 5.69 Å². The second-order valence-corrected chi connectivity index (χ2v) is 6.35. The lowest BCUT2D eigenvalue weighted by atomic mass is 10.1. The van der Waals surface area contributed by atoms with Crippen LogP contribution in [0.25, 0.3) is 0 Å². The molecule has 1 aliphatic heterocycles. The molecular weight excluding hydrogens is 341 g/mol. The molecule has 1 aliphatic rings. The van der Waals surface area contributed by atoms with Crippen molar-refractivity contribution in [3.8, 4) is 5.75 Å². The highest BCUT2D eigenvalue weighted by atomic mass is 19.4. The number of hydrogen-bond acceptors (Lipinski definition) is 3. The highest BCUT2D eigenvalue weighted by Gasteiger charge is 2.31. The van der Waals surface area contributed by atoms with Gasteiger partial charge in [-0.1, -0.05) is 24.3 Å². The monoisotopic (exact) mass is 364 g/mol. The maximum Gasteiger partial charge on any atom is 0.416 e. The van der Waals surface area contributed by atoms with Crippen LogP contribution in [0.5, 0.6) is 5.75 Å². The minimum Gasteiger partial charge on any atom is -0.494 e. The number of benzene rings is 2. The van der Waals surface area contributed by atoms with Gasteiger partial charge >= 0.3 is 6.18 Å².